The first-order chi connectivity index (χ1) is 13.8. The van der Waals surface area contributed by atoms with Gasteiger partial charge < -0.3 is 10.5 Å². The zero-order chi connectivity index (χ0) is 21.0. The molecule has 8 heteroatoms. The van der Waals surface area contributed by atoms with Gasteiger partial charge in [0.2, 0.25) is 11.7 Å². The number of pyridine rings is 1. The van der Waals surface area contributed by atoms with Gasteiger partial charge in [-0.1, -0.05) is 6.07 Å². The topological polar surface area (TPSA) is 77.6 Å². The molecule has 1 aromatic heterocycles. The Labute approximate surface area is 166 Å². The lowest BCUT2D eigenvalue weighted by Gasteiger charge is -2.30. The number of benzene rings is 1. The highest BCUT2D eigenvalue weighted by atomic mass is 19.4. The van der Waals surface area contributed by atoms with Gasteiger partial charge >= 0.3 is 6.18 Å². The third kappa shape index (κ3) is 4.93. The number of ether oxygens (including phenoxy) is 1. The van der Waals surface area contributed by atoms with E-state index in [0.717, 1.165) is 5.56 Å². The van der Waals surface area contributed by atoms with Crippen LogP contribution >= 0.6 is 0 Å². The number of carbonyl (C=O) groups is 1. The Balaban J connectivity index is 1.73. The normalized spacial score (nSPS) is 20.3. The average molecular weight is 405 g/mol. The summed E-state index contributed by atoms with van der Waals surface area (Å²) < 4.78 is 44.6. The van der Waals surface area contributed by atoms with Crippen LogP contribution < -0.4 is 10.5 Å². The number of rotatable bonds is 5. The molecule has 1 aliphatic rings. The van der Waals surface area contributed by atoms with Crippen molar-refractivity contribution in [3.63, 3.8) is 0 Å². The fourth-order valence-corrected chi connectivity index (χ4v) is 3.57. The number of aromatic nitrogens is 1. The standard InChI is InChI=1S/C21H22F3N3O2/c1-26-19(25)18(28)14-6-10-16(11-7-14)29-20-17(3-2-12-27-20)13-4-8-15(9-5-13)21(22,23)24/h2-3,6-7,10-13,15H,4-5,8-9H2,1H3,(H2,25,26). The molecule has 1 fully saturated rings. The van der Waals surface area contributed by atoms with Crippen molar-refractivity contribution in [3.05, 3.63) is 53.7 Å². The molecule has 0 amide bonds. The first-order valence-electron chi connectivity index (χ1n) is 9.36. The number of hydrogen-bond acceptors (Lipinski definition) is 4. The number of aliphatic imine (C=N–C) groups is 1. The second-order valence-electron chi connectivity index (χ2n) is 7.05. The highest BCUT2D eigenvalue weighted by Crippen LogP contribution is 2.44. The molecule has 154 valence electrons. The van der Waals surface area contributed by atoms with E-state index in [1.54, 1.807) is 36.5 Å². The summed E-state index contributed by atoms with van der Waals surface area (Å²) >= 11 is 0. The maximum Gasteiger partial charge on any atom is 0.391 e. The molecule has 1 aliphatic carbocycles. The van der Waals surface area contributed by atoms with Gasteiger partial charge in [-0.2, -0.15) is 13.2 Å². The van der Waals surface area contributed by atoms with Crippen LogP contribution in [0.4, 0.5) is 13.2 Å². The number of amidine groups is 1. The molecule has 3 rings (SSSR count). The van der Waals surface area contributed by atoms with Crippen molar-refractivity contribution in [3.8, 4) is 11.6 Å². The lowest BCUT2D eigenvalue weighted by molar-refractivity contribution is -0.182. The molecule has 0 unspecified atom stereocenters. The summed E-state index contributed by atoms with van der Waals surface area (Å²) in [5, 5.41) is 0. The maximum atomic E-state index is 12.9. The first kappa shape index (κ1) is 20.8. The lowest BCUT2D eigenvalue weighted by atomic mass is 9.78. The van der Waals surface area contributed by atoms with Gasteiger partial charge in [-0.25, -0.2) is 4.98 Å². The predicted molar refractivity (Wildman–Crippen MR) is 103 cm³/mol. The number of ketones is 1. The van der Waals surface area contributed by atoms with Gasteiger partial charge in [0.1, 0.15) is 5.75 Å². The monoisotopic (exact) mass is 405 g/mol. The van der Waals surface area contributed by atoms with Crippen LogP contribution in [0.2, 0.25) is 0 Å². The fourth-order valence-electron chi connectivity index (χ4n) is 3.57. The minimum atomic E-state index is -4.13. The molecule has 2 aromatic rings. The molecule has 0 radical (unpaired) electrons. The van der Waals surface area contributed by atoms with Crippen molar-refractivity contribution < 1.29 is 22.7 Å². The van der Waals surface area contributed by atoms with Crippen LogP contribution in [0.5, 0.6) is 11.6 Å². The van der Waals surface area contributed by atoms with E-state index in [4.69, 9.17) is 10.5 Å². The van der Waals surface area contributed by atoms with Crippen LogP contribution in [0.1, 0.15) is 47.5 Å². The molecule has 0 spiro atoms. The third-order valence-corrected chi connectivity index (χ3v) is 5.24. The largest absolute Gasteiger partial charge is 0.439 e. The molecule has 1 aromatic carbocycles. The van der Waals surface area contributed by atoms with E-state index in [-0.39, 0.29) is 30.4 Å². The summed E-state index contributed by atoms with van der Waals surface area (Å²) in [4.78, 5) is 20.0. The minimum absolute atomic E-state index is 0.0290. The average Bonchev–Trinajstić information content (AvgIpc) is 2.73. The summed E-state index contributed by atoms with van der Waals surface area (Å²) in [6.45, 7) is 0. The Bertz CT molecular complexity index is 887. The highest BCUT2D eigenvalue weighted by molar-refractivity contribution is 6.44. The summed E-state index contributed by atoms with van der Waals surface area (Å²) in [7, 11) is 1.44. The smallest absolute Gasteiger partial charge is 0.391 e. The molecule has 1 heterocycles. The molecule has 0 bridgehead atoms. The van der Waals surface area contributed by atoms with Gasteiger partial charge in [-0.3, -0.25) is 9.79 Å². The second kappa shape index (κ2) is 8.63. The van der Waals surface area contributed by atoms with Crippen molar-refractivity contribution in [2.75, 3.05) is 7.05 Å². The number of alkyl halides is 3. The number of nitrogens with zero attached hydrogens (tertiary/aromatic N) is 2. The van der Waals surface area contributed by atoms with Crippen molar-refractivity contribution >= 4 is 11.6 Å². The molecule has 0 atom stereocenters. The Kier molecular flexibility index (Phi) is 6.20. The van der Waals surface area contributed by atoms with E-state index in [0.29, 0.717) is 30.0 Å². The Morgan fingerprint density at radius 1 is 1.14 bits per heavy atom. The summed E-state index contributed by atoms with van der Waals surface area (Å²) in [6.07, 6.45) is -1.45. The molecule has 0 saturated heterocycles. The van der Waals surface area contributed by atoms with Crippen molar-refractivity contribution in [2.24, 2.45) is 16.6 Å². The molecule has 0 aliphatic heterocycles. The van der Waals surface area contributed by atoms with Crippen molar-refractivity contribution in [1.82, 2.24) is 4.98 Å². The molecular formula is C21H22F3N3O2. The summed E-state index contributed by atoms with van der Waals surface area (Å²) in [5.74, 6) is -0.879. The van der Waals surface area contributed by atoms with Gasteiger partial charge in [-0.05, 0) is 61.9 Å². The second-order valence-corrected chi connectivity index (χ2v) is 7.05. The number of Topliss-reactive ketones (excluding diaryl/α,β-unsaturated/α-hetero) is 1. The Morgan fingerprint density at radius 3 is 2.38 bits per heavy atom. The van der Waals surface area contributed by atoms with Crippen molar-refractivity contribution in [2.45, 2.75) is 37.8 Å². The molecular weight excluding hydrogens is 383 g/mol. The predicted octanol–water partition coefficient (Wildman–Crippen LogP) is 4.88. The van der Waals surface area contributed by atoms with E-state index in [9.17, 15) is 18.0 Å². The third-order valence-electron chi connectivity index (χ3n) is 5.24. The number of hydrogen-bond donors (Lipinski definition) is 1. The van der Waals surface area contributed by atoms with E-state index >= 15 is 0 Å². The molecule has 1 saturated carbocycles. The van der Waals surface area contributed by atoms with Gasteiger partial charge in [0.05, 0.1) is 5.92 Å². The number of halogens is 3. The van der Waals surface area contributed by atoms with Crippen LogP contribution in [0.15, 0.2) is 47.6 Å². The molecule has 29 heavy (non-hydrogen) atoms. The van der Waals surface area contributed by atoms with Crippen LogP contribution in [0.25, 0.3) is 0 Å². The highest BCUT2D eigenvalue weighted by Gasteiger charge is 2.41. The quantitative estimate of drug-likeness (QED) is 0.437. The first-order valence-corrected chi connectivity index (χ1v) is 9.36. The zero-order valence-corrected chi connectivity index (χ0v) is 15.9. The molecule has 5 nitrogen and oxygen atoms in total. The number of carbonyl (C=O) groups excluding carboxylic acids is 1. The van der Waals surface area contributed by atoms with Gasteiger partial charge in [-0.15, -0.1) is 0 Å². The minimum Gasteiger partial charge on any atom is -0.439 e. The molecule has 2 N–H and O–H groups in total. The van der Waals surface area contributed by atoms with E-state index in [2.05, 4.69) is 9.98 Å². The Hall–Kier alpha value is -2.90. The fraction of sp³-hybridized carbons (Fsp3) is 0.381. The SMILES string of the molecule is CN=C(N)C(=O)c1ccc(Oc2ncccc2C2CCC(C(F)(F)F)CC2)cc1. The maximum absolute atomic E-state index is 12.9. The summed E-state index contributed by atoms with van der Waals surface area (Å²) in [6, 6.07) is 9.99. The van der Waals surface area contributed by atoms with E-state index in [1.807, 2.05) is 6.07 Å². The van der Waals surface area contributed by atoms with Gasteiger partial charge in [0.15, 0.2) is 5.84 Å². The van der Waals surface area contributed by atoms with Gasteiger partial charge in [0.25, 0.3) is 0 Å². The summed E-state index contributed by atoms with van der Waals surface area (Å²) in [5.41, 5.74) is 6.72. The van der Waals surface area contributed by atoms with Crippen LogP contribution in [-0.4, -0.2) is 29.8 Å². The zero-order valence-electron chi connectivity index (χ0n) is 15.9. The number of nitrogens with two attached hydrogens (primary N) is 1. The van der Waals surface area contributed by atoms with E-state index < -0.39 is 12.1 Å². The Morgan fingerprint density at radius 2 is 1.79 bits per heavy atom. The van der Waals surface area contributed by atoms with Crippen LogP contribution in [0, 0.1) is 5.92 Å². The van der Waals surface area contributed by atoms with E-state index in [1.165, 1.54) is 7.05 Å². The van der Waals surface area contributed by atoms with Crippen molar-refractivity contribution in [1.29, 1.82) is 0 Å². The lowest BCUT2D eigenvalue weighted by Crippen LogP contribution is -2.27. The van der Waals surface area contributed by atoms with Gasteiger partial charge in [0, 0.05) is 24.4 Å². The van der Waals surface area contributed by atoms with Crippen LogP contribution in [0.3, 0.4) is 0 Å². The van der Waals surface area contributed by atoms with Crippen LogP contribution in [-0.2, 0) is 0 Å².